The normalized spacial score (nSPS) is 12.4. The molecule has 1 atom stereocenters. The molecule has 15 heavy (non-hydrogen) atoms. The van der Waals surface area contributed by atoms with Gasteiger partial charge in [-0.15, -0.1) is 6.58 Å². The lowest BCUT2D eigenvalue weighted by Crippen LogP contribution is -2.07. The van der Waals surface area contributed by atoms with Crippen LogP contribution in [0.15, 0.2) is 24.8 Å². The predicted octanol–water partition coefficient (Wildman–Crippen LogP) is 4.35. The lowest BCUT2D eigenvalue weighted by atomic mass is 9.89. The van der Waals surface area contributed by atoms with Crippen molar-refractivity contribution < 1.29 is 4.74 Å². The van der Waals surface area contributed by atoms with Gasteiger partial charge in [0.15, 0.2) is 0 Å². The largest absolute Gasteiger partial charge is 0.385 e. The van der Waals surface area contributed by atoms with Crippen molar-refractivity contribution in [1.29, 1.82) is 0 Å². The average molecular weight is 210 g/mol. The van der Waals surface area contributed by atoms with Gasteiger partial charge in [-0.3, -0.25) is 0 Å². The molecule has 0 aromatic carbocycles. The molecule has 0 bridgehead atoms. The van der Waals surface area contributed by atoms with E-state index in [1.54, 1.807) is 7.11 Å². The Kier molecular flexibility index (Phi) is 9.60. The van der Waals surface area contributed by atoms with E-state index in [4.69, 9.17) is 4.74 Å². The highest BCUT2D eigenvalue weighted by molar-refractivity contribution is 5.00. The van der Waals surface area contributed by atoms with Gasteiger partial charge in [-0.25, -0.2) is 0 Å². The summed E-state index contributed by atoms with van der Waals surface area (Å²) >= 11 is 0. The Balaban J connectivity index is 3.86. The van der Waals surface area contributed by atoms with Crippen molar-refractivity contribution in [1.82, 2.24) is 0 Å². The molecule has 0 rings (SSSR count). The number of methoxy groups -OCH3 is 1. The molecule has 1 heteroatoms. The first kappa shape index (κ1) is 14.4. The summed E-state index contributed by atoms with van der Waals surface area (Å²) in [6.07, 6.45) is 9.01. The molecular weight excluding hydrogens is 184 g/mol. The molecule has 0 radical (unpaired) electrons. The lowest BCUT2D eigenvalue weighted by molar-refractivity contribution is 0.180. The van der Waals surface area contributed by atoms with Crippen LogP contribution >= 0.6 is 0 Å². The van der Waals surface area contributed by atoms with Crippen LogP contribution in [-0.2, 0) is 4.74 Å². The number of hydrogen-bond acceptors (Lipinski definition) is 1. The average Bonchev–Trinajstić information content (AvgIpc) is 2.24. The van der Waals surface area contributed by atoms with E-state index >= 15 is 0 Å². The van der Waals surface area contributed by atoms with E-state index in [0.29, 0.717) is 5.92 Å². The molecule has 88 valence electrons. The second-order valence-electron chi connectivity index (χ2n) is 4.11. The zero-order valence-corrected chi connectivity index (χ0v) is 10.4. The maximum Gasteiger partial charge on any atom is 0.0467 e. The van der Waals surface area contributed by atoms with Crippen molar-refractivity contribution in [3.05, 3.63) is 24.8 Å². The first-order valence-corrected chi connectivity index (χ1v) is 6.03. The smallest absolute Gasteiger partial charge is 0.0467 e. The second kappa shape index (κ2) is 9.97. The number of ether oxygens (including phenoxy) is 1. The van der Waals surface area contributed by atoms with Gasteiger partial charge in [0.1, 0.15) is 0 Å². The van der Waals surface area contributed by atoms with Gasteiger partial charge < -0.3 is 4.74 Å². The number of allylic oxidation sites excluding steroid dienone is 2. The number of hydrogen-bond donors (Lipinski definition) is 0. The summed E-state index contributed by atoms with van der Waals surface area (Å²) in [5, 5.41) is 0. The van der Waals surface area contributed by atoms with E-state index < -0.39 is 0 Å². The maximum absolute atomic E-state index is 5.14. The monoisotopic (exact) mass is 210 g/mol. The van der Waals surface area contributed by atoms with Gasteiger partial charge in [-0.1, -0.05) is 31.6 Å². The van der Waals surface area contributed by atoms with E-state index in [1.165, 1.54) is 24.8 Å². The van der Waals surface area contributed by atoms with E-state index in [1.807, 2.05) is 6.08 Å². The van der Waals surface area contributed by atoms with Crippen LogP contribution in [0, 0.1) is 5.92 Å². The Morgan fingerprint density at radius 1 is 1.40 bits per heavy atom. The number of rotatable bonds is 10. The third-order valence-corrected chi connectivity index (χ3v) is 2.79. The maximum atomic E-state index is 5.14. The summed E-state index contributed by atoms with van der Waals surface area (Å²) in [5.74, 6) is 0.653. The Bertz CT molecular complexity index is 172. The highest BCUT2D eigenvalue weighted by atomic mass is 16.5. The van der Waals surface area contributed by atoms with Gasteiger partial charge in [-0.2, -0.15) is 0 Å². The van der Waals surface area contributed by atoms with Crippen molar-refractivity contribution >= 4 is 0 Å². The van der Waals surface area contributed by atoms with Crippen LogP contribution in [0.25, 0.3) is 0 Å². The third kappa shape index (κ3) is 7.38. The molecule has 0 aliphatic heterocycles. The first-order valence-electron chi connectivity index (χ1n) is 6.03. The van der Waals surface area contributed by atoms with Crippen LogP contribution in [0.5, 0.6) is 0 Å². The summed E-state index contributed by atoms with van der Waals surface area (Å²) < 4.78 is 5.14. The fraction of sp³-hybridized carbons (Fsp3) is 0.714. The van der Waals surface area contributed by atoms with Crippen molar-refractivity contribution in [2.24, 2.45) is 5.92 Å². The van der Waals surface area contributed by atoms with E-state index in [0.717, 1.165) is 25.9 Å². The van der Waals surface area contributed by atoms with E-state index in [9.17, 15) is 0 Å². The van der Waals surface area contributed by atoms with Gasteiger partial charge in [0.2, 0.25) is 0 Å². The van der Waals surface area contributed by atoms with Crippen LogP contribution in [0.4, 0.5) is 0 Å². The molecular formula is C14H26O. The van der Waals surface area contributed by atoms with Gasteiger partial charge in [-0.05, 0) is 38.0 Å². The molecule has 0 aliphatic rings. The van der Waals surface area contributed by atoms with E-state index in [2.05, 4.69) is 20.1 Å². The zero-order chi connectivity index (χ0) is 11.5. The minimum atomic E-state index is 0.653. The summed E-state index contributed by atoms with van der Waals surface area (Å²) in [6.45, 7) is 11.0. The Hall–Kier alpha value is -0.560. The van der Waals surface area contributed by atoms with Gasteiger partial charge in [0, 0.05) is 13.7 Å². The lowest BCUT2D eigenvalue weighted by Gasteiger charge is -2.18. The fourth-order valence-electron chi connectivity index (χ4n) is 1.84. The summed E-state index contributed by atoms with van der Waals surface area (Å²) in [6, 6.07) is 0. The Labute approximate surface area is 95.2 Å². The summed E-state index contributed by atoms with van der Waals surface area (Å²) in [5.41, 5.74) is 1.40. The zero-order valence-electron chi connectivity index (χ0n) is 10.4. The molecule has 0 heterocycles. The Morgan fingerprint density at radius 2 is 2.13 bits per heavy atom. The molecule has 0 spiro atoms. The molecule has 0 N–H and O–H groups in total. The highest BCUT2D eigenvalue weighted by Gasteiger charge is 2.10. The van der Waals surface area contributed by atoms with Gasteiger partial charge >= 0.3 is 0 Å². The molecule has 0 aliphatic carbocycles. The van der Waals surface area contributed by atoms with E-state index in [-0.39, 0.29) is 0 Å². The molecule has 0 saturated heterocycles. The van der Waals surface area contributed by atoms with Crippen molar-refractivity contribution in [3.8, 4) is 0 Å². The predicted molar refractivity (Wildman–Crippen MR) is 68.1 cm³/mol. The molecule has 1 unspecified atom stereocenters. The fourth-order valence-corrected chi connectivity index (χ4v) is 1.84. The standard InChI is InChI=1S/C14H26O/c1-5-7-8-10-13(3)14(9-6-2)11-12-15-4/h5,14H,1,3,6-12H2,2,4H3. The van der Waals surface area contributed by atoms with Gasteiger partial charge in [0.25, 0.3) is 0 Å². The summed E-state index contributed by atoms with van der Waals surface area (Å²) in [7, 11) is 1.77. The molecule has 0 aromatic heterocycles. The SMILES string of the molecule is C=CCCCC(=C)C(CCC)CCOC. The topological polar surface area (TPSA) is 9.23 Å². The summed E-state index contributed by atoms with van der Waals surface area (Å²) in [4.78, 5) is 0. The van der Waals surface area contributed by atoms with Crippen LogP contribution in [0.1, 0.15) is 45.4 Å². The molecule has 0 saturated carbocycles. The van der Waals surface area contributed by atoms with Crippen LogP contribution in [0.2, 0.25) is 0 Å². The molecule has 0 aromatic rings. The first-order chi connectivity index (χ1) is 7.26. The van der Waals surface area contributed by atoms with Crippen molar-refractivity contribution in [3.63, 3.8) is 0 Å². The van der Waals surface area contributed by atoms with Crippen molar-refractivity contribution in [2.75, 3.05) is 13.7 Å². The molecule has 0 amide bonds. The molecule has 0 fully saturated rings. The third-order valence-electron chi connectivity index (χ3n) is 2.79. The van der Waals surface area contributed by atoms with Crippen molar-refractivity contribution in [2.45, 2.75) is 45.4 Å². The number of unbranched alkanes of at least 4 members (excludes halogenated alkanes) is 1. The van der Waals surface area contributed by atoms with Crippen LogP contribution in [0.3, 0.4) is 0 Å². The molecule has 1 nitrogen and oxygen atoms in total. The van der Waals surface area contributed by atoms with Crippen LogP contribution < -0.4 is 0 Å². The second-order valence-corrected chi connectivity index (χ2v) is 4.11. The quantitative estimate of drug-likeness (QED) is 0.385. The minimum absolute atomic E-state index is 0.653. The highest BCUT2D eigenvalue weighted by Crippen LogP contribution is 2.24. The Morgan fingerprint density at radius 3 is 2.67 bits per heavy atom. The minimum Gasteiger partial charge on any atom is -0.385 e. The van der Waals surface area contributed by atoms with Gasteiger partial charge in [0.05, 0.1) is 0 Å². The van der Waals surface area contributed by atoms with Crippen LogP contribution in [-0.4, -0.2) is 13.7 Å².